The van der Waals surface area contributed by atoms with E-state index < -0.39 is 18.0 Å². The van der Waals surface area contributed by atoms with E-state index in [0.717, 1.165) is 20.4 Å². The number of fused-ring (bicyclic) bond motifs is 1. The smallest absolute Gasteiger partial charge is 0.343 e. The maximum Gasteiger partial charge on any atom is 0.343 e. The number of carbonyl (C=O) groups is 2. The minimum Gasteiger partial charge on any atom is -0.490 e. The highest BCUT2D eigenvalue weighted by Crippen LogP contribution is 2.36. The molecular formula is C36H35IN2O8S. The van der Waals surface area contributed by atoms with E-state index in [4.69, 9.17) is 18.9 Å². The number of aryl methyl sites for hydroxylation is 1. The molecule has 48 heavy (non-hydrogen) atoms. The molecule has 1 atom stereocenters. The molecule has 0 unspecified atom stereocenters. The van der Waals surface area contributed by atoms with Gasteiger partial charge < -0.3 is 23.7 Å². The second-order valence-corrected chi connectivity index (χ2v) is 12.9. The van der Waals surface area contributed by atoms with E-state index in [2.05, 4.69) is 44.5 Å². The van der Waals surface area contributed by atoms with Gasteiger partial charge in [-0.25, -0.2) is 14.6 Å². The quantitative estimate of drug-likeness (QED) is 0.142. The van der Waals surface area contributed by atoms with Crippen LogP contribution in [-0.4, -0.2) is 43.4 Å². The fourth-order valence-corrected chi connectivity index (χ4v) is 6.85. The van der Waals surface area contributed by atoms with Crippen molar-refractivity contribution in [1.29, 1.82) is 0 Å². The van der Waals surface area contributed by atoms with Crippen molar-refractivity contribution in [2.45, 2.75) is 40.3 Å². The van der Waals surface area contributed by atoms with Crippen LogP contribution in [0.1, 0.15) is 49.1 Å². The van der Waals surface area contributed by atoms with Crippen molar-refractivity contribution in [2.24, 2.45) is 4.99 Å². The molecule has 1 aromatic heterocycles. The van der Waals surface area contributed by atoms with Gasteiger partial charge in [0.1, 0.15) is 12.4 Å². The number of aromatic nitrogens is 1. The molecule has 0 amide bonds. The lowest BCUT2D eigenvalue weighted by Gasteiger charge is -2.25. The Morgan fingerprint density at radius 1 is 0.938 bits per heavy atom. The number of rotatable bonds is 12. The number of hydrogen-bond donors (Lipinski definition) is 0. The van der Waals surface area contributed by atoms with Crippen molar-refractivity contribution in [3.63, 3.8) is 0 Å². The predicted molar refractivity (Wildman–Crippen MR) is 190 cm³/mol. The Labute approximate surface area is 295 Å². The van der Waals surface area contributed by atoms with Gasteiger partial charge in [-0.2, -0.15) is 0 Å². The summed E-state index contributed by atoms with van der Waals surface area (Å²) in [5, 5.41) is 0. The maximum absolute atomic E-state index is 14.1. The van der Waals surface area contributed by atoms with Crippen molar-refractivity contribution >= 4 is 51.9 Å². The highest BCUT2D eigenvalue weighted by Gasteiger charge is 2.34. The van der Waals surface area contributed by atoms with Crippen molar-refractivity contribution in [3.8, 4) is 17.2 Å². The van der Waals surface area contributed by atoms with Crippen LogP contribution in [0.2, 0.25) is 0 Å². The molecule has 2 heterocycles. The van der Waals surface area contributed by atoms with Gasteiger partial charge in [-0.1, -0.05) is 53.3 Å². The lowest BCUT2D eigenvalue weighted by molar-refractivity contribution is -0.143. The van der Waals surface area contributed by atoms with Gasteiger partial charge >= 0.3 is 11.9 Å². The summed E-state index contributed by atoms with van der Waals surface area (Å²) in [5.41, 5.74) is 4.04. The SMILES string of the molecule is CCOC(=O)C1=C(C)N=c2s/c(=C\c3ccc(OCc4ccc(C)cc4)c(I)c3)c(=O)n2[C@@H]1c1ccc(OCC(=O)OC)c(OCC)c1. The lowest BCUT2D eigenvalue weighted by atomic mass is 9.95. The summed E-state index contributed by atoms with van der Waals surface area (Å²) in [7, 11) is 1.28. The number of methoxy groups -OCH3 is 1. The van der Waals surface area contributed by atoms with Crippen LogP contribution in [0.25, 0.3) is 6.08 Å². The number of benzene rings is 3. The van der Waals surface area contributed by atoms with Gasteiger partial charge in [0.2, 0.25) is 0 Å². The van der Waals surface area contributed by atoms with E-state index in [1.54, 1.807) is 32.0 Å². The topological polar surface area (TPSA) is 115 Å². The Balaban J connectivity index is 1.54. The van der Waals surface area contributed by atoms with Crippen molar-refractivity contribution < 1.29 is 33.3 Å². The van der Waals surface area contributed by atoms with Crippen LogP contribution >= 0.6 is 33.9 Å². The number of hydrogen-bond acceptors (Lipinski definition) is 10. The zero-order valence-corrected chi connectivity index (χ0v) is 30.2. The number of nitrogens with zero attached hydrogens (tertiary/aromatic N) is 2. The fraction of sp³-hybridized carbons (Fsp3) is 0.278. The summed E-state index contributed by atoms with van der Waals surface area (Å²) in [5.74, 6) is 0.290. The summed E-state index contributed by atoms with van der Waals surface area (Å²) in [6, 6.07) is 18.2. The average Bonchev–Trinajstić information content (AvgIpc) is 3.37. The van der Waals surface area contributed by atoms with Gasteiger partial charge in [-0.15, -0.1) is 0 Å². The van der Waals surface area contributed by atoms with Crippen LogP contribution in [0.15, 0.2) is 81.7 Å². The van der Waals surface area contributed by atoms with Gasteiger partial charge in [0.25, 0.3) is 5.56 Å². The Hall–Kier alpha value is -4.43. The molecule has 0 saturated heterocycles. The molecule has 3 aromatic carbocycles. The molecule has 0 fully saturated rings. The van der Waals surface area contributed by atoms with E-state index in [0.29, 0.717) is 45.3 Å². The molecule has 1 aliphatic heterocycles. The minimum atomic E-state index is -0.853. The van der Waals surface area contributed by atoms with Crippen molar-refractivity contribution in [2.75, 3.05) is 26.9 Å². The molecular weight excluding hydrogens is 747 g/mol. The summed E-state index contributed by atoms with van der Waals surface area (Å²) < 4.78 is 30.5. The third kappa shape index (κ3) is 7.81. The largest absolute Gasteiger partial charge is 0.490 e. The van der Waals surface area contributed by atoms with E-state index in [1.807, 2.05) is 50.3 Å². The van der Waals surface area contributed by atoms with Crippen LogP contribution in [0.4, 0.5) is 0 Å². The van der Waals surface area contributed by atoms with Crippen molar-refractivity contribution in [1.82, 2.24) is 4.57 Å². The second-order valence-electron chi connectivity index (χ2n) is 10.8. The van der Waals surface area contributed by atoms with Crippen LogP contribution in [0.3, 0.4) is 0 Å². The zero-order valence-electron chi connectivity index (χ0n) is 27.2. The van der Waals surface area contributed by atoms with Crippen molar-refractivity contribution in [3.05, 3.63) is 117 Å². The number of esters is 2. The van der Waals surface area contributed by atoms with Crippen LogP contribution in [0.5, 0.6) is 17.2 Å². The summed E-state index contributed by atoms with van der Waals surface area (Å²) >= 11 is 3.46. The van der Waals surface area contributed by atoms with E-state index in [1.165, 1.54) is 28.6 Å². The first-order valence-corrected chi connectivity index (χ1v) is 17.2. The molecule has 5 rings (SSSR count). The summed E-state index contributed by atoms with van der Waals surface area (Å²) in [4.78, 5) is 44.3. The second kappa shape index (κ2) is 15.6. The Kier molecular flexibility index (Phi) is 11.4. The van der Waals surface area contributed by atoms with Crippen LogP contribution in [0, 0.1) is 10.5 Å². The number of allylic oxidation sites excluding steroid dienone is 1. The first-order chi connectivity index (χ1) is 23.1. The summed E-state index contributed by atoms with van der Waals surface area (Å²) in [6.07, 6.45) is 1.81. The standard InChI is InChI=1S/C36H35IN2O8S/c1-6-44-29-18-25(13-15-28(29)47-20-31(40)43-5)33-32(35(42)45-7-2)22(4)38-36-39(33)34(41)30(48-36)17-24-12-14-27(26(37)16-24)46-19-23-10-8-21(3)9-11-23/h8-18,33H,6-7,19-20H2,1-5H3/b30-17-/t33-/m1/s1. The number of carbonyl (C=O) groups excluding carboxylic acids is 2. The van der Waals surface area contributed by atoms with Crippen LogP contribution < -0.4 is 29.1 Å². The monoisotopic (exact) mass is 782 g/mol. The first kappa shape index (κ1) is 34.9. The maximum atomic E-state index is 14.1. The third-order valence-corrected chi connectivity index (χ3v) is 9.27. The van der Waals surface area contributed by atoms with Gasteiger partial charge in [0.05, 0.1) is 45.7 Å². The predicted octanol–water partition coefficient (Wildman–Crippen LogP) is 5.24. The molecule has 12 heteroatoms. The molecule has 250 valence electrons. The average molecular weight is 783 g/mol. The number of halogens is 1. The highest BCUT2D eigenvalue weighted by atomic mass is 127. The normalized spacial score (nSPS) is 14.2. The Morgan fingerprint density at radius 3 is 2.38 bits per heavy atom. The molecule has 0 spiro atoms. The lowest BCUT2D eigenvalue weighted by Crippen LogP contribution is -2.40. The van der Waals surface area contributed by atoms with Crippen LogP contribution in [-0.2, 0) is 25.7 Å². The molecule has 4 aromatic rings. The van der Waals surface area contributed by atoms with Gasteiger partial charge in [0.15, 0.2) is 22.9 Å². The molecule has 0 saturated carbocycles. The minimum absolute atomic E-state index is 0.153. The fourth-order valence-electron chi connectivity index (χ4n) is 5.11. The number of ether oxygens (including phenoxy) is 5. The first-order valence-electron chi connectivity index (χ1n) is 15.3. The highest BCUT2D eigenvalue weighted by molar-refractivity contribution is 14.1. The summed E-state index contributed by atoms with van der Waals surface area (Å²) in [6.45, 7) is 7.92. The van der Waals surface area contributed by atoms with Gasteiger partial charge in [0, 0.05) is 0 Å². The number of thiazole rings is 1. The van der Waals surface area contributed by atoms with Gasteiger partial charge in [-0.3, -0.25) is 9.36 Å². The Morgan fingerprint density at radius 2 is 1.69 bits per heavy atom. The van der Waals surface area contributed by atoms with E-state index in [9.17, 15) is 14.4 Å². The Bertz CT molecular complexity index is 2050. The van der Waals surface area contributed by atoms with Gasteiger partial charge in [-0.05, 0) is 97.3 Å². The zero-order chi connectivity index (χ0) is 34.4. The third-order valence-electron chi connectivity index (χ3n) is 7.44. The molecule has 0 radical (unpaired) electrons. The van der Waals surface area contributed by atoms with E-state index in [-0.39, 0.29) is 24.3 Å². The molecule has 0 aliphatic carbocycles. The molecule has 1 aliphatic rings. The molecule has 10 nitrogen and oxygen atoms in total. The van der Waals surface area contributed by atoms with E-state index >= 15 is 0 Å². The molecule has 0 bridgehead atoms. The molecule has 0 N–H and O–H groups in total.